The van der Waals surface area contributed by atoms with Crippen molar-refractivity contribution in [2.45, 2.75) is 52.5 Å². The van der Waals surface area contributed by atoms with Crippen LogP contribution < -0.4 is 10.6 Å². The van der Waals surface area contributed by atoms with Crippen LogP contribution in [0.3, 0.4) is 0 Å². The van der Waals surface area contributed by atoms with Crippen LogP contribution in [0, 0.1) is 19.8 Å². The minimum Gasteiger partial charge on any atom is -0.335 e. The third-order valence-electron chi connectivity index (χ3n) is 4.07. The first-order chi connectivity index (χ1) is 9.06. The monoisotopic (exact) mass is 260 g/mol. The number of rotatable bonds is 2. The maximum absolute atomic E-state index is 12.1. The molecule has 0 radical (unpaired) electrons. The molecule has 2 N–H and O–H groups in total. The normalized spacial score (nSPS) is 22.9. The Balaban J connectivity index is 1.95. The topological polar surface area (TPSA) is 41.1 Å². The van der Waals surface area contributed by atoms with Crippen LogP contribution in [0.15, 0.2) is 18.2 Å². The van der Waals surface area contributed by atoms with Gasteiger partial charge in [0.15, 0.2) is 0 Å². The third kappa shape index (κ3) is 3.72. The van der Waals surface area contributed by atoms with Crippen molar-refractivity contribution in [1.82, 2.24) is 5.32 Å². The molecule has 3 nitrogen and oxygen atoms in total. The highest BCUT2D eigenvalue weighted by molar-refractivity contribution is 5.90. The minimum absolute atomic E-state index is 0.0764. The molecule has 0 bridgehead atoms. The second kappa shape index (κ2) is 6.09. The summed E-state index contributed by atoms with van der Waals surface area (Å²) in [6.07, 6.45) is 4.83. The van der Waals surface area contributed by atoms with Crippen molar-refractivity contribution in [2.24, 2.45) is 5.92 Å². The molecule has 1 aromatic carbocycles. The molecular weight excluding hydrogens is 236 g/mol. The molecule has 3 heteroatoms. The Morgan fingerprint density at radius 1 is 1.21 bits per heavy atom. The van der Waals surface area contributed by atoms with E-state index in [9.17, 15) is 4.79 Å². The zero-order valence-corrected chi connectivity index (χ0v) is 12.1. The average molecular weight is 260 g/mol. The van der Waals surface area contributed by atoms with Crippen LogP contribution in [0.4, 0.5) is 10.5 Å². The van der Waals surface area contributed by atoms with Crippen LogP contribution in [0.2, 0.25) is 0 Å². The van der Waals surface area contributed by atoms with Crippen LogP contribution >= 0.6 is 0 Å². The molecule has 2 atom stereocenters. The minimum atomic E-state index is -0.0764. The predicted molar refractivity (Wildman–Crippen MR) is 79.5 cm³/mol. The van der Waals surface area contributed by atoms with Crippen LogP contribution in [-0.2, 0) is 0 Å². The van der Waals surface area contributed by atoms with Gasteiger partial charge in [0.25, 0.3) is 0 Å². The van der Waals surface area contributed by atoms with E-state index in [1.165, 1.54) is 19.3 Å². The van der Waals surface area contributed by atoms with E-state index in [1.807, 2.05) is 26.0 Å². The molecule has 2 amide bonds. The number of urea groups is 1. The van der Waals surface area contributed by atoms with Gasteiger partial charge in [-0.25, -0.2) is 4.79 Å². The lowest BCUT2D eigenvalue weighted by Crippen LogP contribution is -2.43. The molecule has 0 aliphatic heterocycles. The van der Waals surface area contributed by atoms with E-state index in [1.54, 1.807) is 0 Å². The summed E-state index contributed by atoms with van der Waals surface area (Å²) in [6.45, 7) is 6.27. The fourth-order valence-electron chi connectivity index (χ4n) is 2.73. The van der Waals surface area contributed by atoms with Crippen molar-refractivity contribution in [3.05, 3.63) is 29.3 Å². The quantitative estimate of drug-likeness (QED) is 0.829. The average Bonchev–Trinajstić information content (AvgIpc) is 2.37. The van der Waals surface area contributed by atoms with Gasteiger partial charge in [0.2, 0.25) is 0 Å². The number of hydrogen-bond donors (Lipinski definition) is 2. The zero-order chi connectivity index (χ0) is 13.8. The molecule has 1 saturated carbocycles. The Kier molecular flexibility index (Phi) is 4.46. The van der Waals surface area contributed by atoms with Crippen molar-refractivity contribution in [3.8, 4) is 0 Å². The lowest BCUT2D eigenvalue weighted by Gasteiger charge is -2.29. The highest BCUT2D eigenvalue weighted by Gasteiger charge is 2.22. The summed E-state index contributed by atoms with van der Waals surface area (Å²) in [4.78, 5) is 12.1. The van der Waals surface area contributed by atoms with Crippen molar-refractivity contribution in [1.29, 1.82) is 0 Å². The van der Waals surface area contributed by atoms with Gasteiger partial charge in [0, 0.05) is 11.7 Å². The second-order valence-electron chi connectivity index (χ2n) is 5.79. The van der Waals surface area contributed by atoms with Gasteiger partial charge in [-0.3, -0.25) is 0 Å². The van der Waals surface area contributed by atoms with E-state index in [0.29, 0.717) is 12.0 Å². The summed E-state index contributed by atoms with van der Waals surface area (Å²) in [5.74, 6) is 0.582. The Morgan fingerprint density at radius 3 is 2.68 bits per heavy atom. The van der Waals surface area contributed by atoms with Crippen LogP contribution in [0.25, 0.3) is 0 Å². The molecule has 1 fully saturated rings. The first-order valence-electron chi connectivity index (χ1n) is 7.21. The molecular formula is C16H24N2O. The first kappa shape index (κ1) is 13.9. The Labute approximate surface area is 115 Å². The van der Waals surface area contributed by atoms with Gasteiger partial charge in [-0.15, -0.1) is 0 Å². The van der Waals surface area contributed by atoms with E-state index in [-0.39, 0.29) is 6.03 Å². The number of anilines is 1. The summed E-state index contributed by atoms with van der Waals surface area (Å²) < 4.78 is 0. The highest BCUT2D eigenvalue weighted by Crippen LogP contribution is 2.24. The standard InChI is InChI=1S/C16H24N2O/c1-11-8-9-13(3)15(10-11)18-16(19)17-14-7-5-4-6-12(14)2/h8-10,12,14H,4-7H2,1-3H3,(H2,17,18,19). The molecule has 0 heterocycles. The van der Waals surface area contributed by atoms with Crippen LogP contribution in [-0.4, -0.2) is 12.1 Å². The number of nitrogens with one attached hydrogen (secondary N) is 2. The lowest BCUT2D eigenvalue weighted by atomic mass is 9.86. The fourth-order valence-corrected chi connectivity index (χ4v) is 2.73. The van der Waals surface area contributed by atoms with Crippen molar-refractivity contribution in [2.75, 3.05) is 5.32 Å². The van der Waals surface area contributed by atoms with Gasteiger partial charge in [-0.05, 0) is 49.8 Å². The van der Waals surface area contributed by atoms with Crippen molar-refractivity contribution in [3.63, 3.8) is 0 Å². The van der Waals surface area contributed by atoms with Gasteiger partial charge in [0.05, 0.1) is 0 Å². The van der Waals surface area contributed by atoms with Gasteiger partial charge >= 0.3 is 6.03 Å². The smallest absolute Gasteiger partial charge is 0.319 e. The molecule has 0 aromatic heterocycles. The van der Waals surface area contributed by atoms with E-state index >= 15 is 0 Å². The molecule has 0 saturated heterocycles. The van der Waals surface area contributed by atoms with Gasteiger partial charge in [-0.2, -0.15) is 0 Å². The van der Waals surface area contributed by atoms with E-state index in [2.05, 4.69) is 23.6 Å². The van der Waals surface area contributed by atoms with Gasteiger partial charge in [-0.1, -0.05) is 31.9 Å². The lowest BCUT2D eigenvalue weighted by molar-refractivity contribution is 0.232. The number of hydrogen-bond acceptors (Lipinski definition) is 1. The summed E-state index contributed by atoms with van der Waals surface area (Å²) in [7, 11) is 0. The zero-order valence-electron chi connectivity index (χ0n) is 12.1. The fraction of sp³-hybridized carbons (Fsp3) is 0.562. The van der Waals surface area contributed by atoms with Crippen LogP contribution in [0.1, 0.15) is 43.7 Å². The third-order valence-corrected chi connectivity index (χ3v) is 4.07. The molecule has 2 unspecified atom stereocenters. The molecule has 19 heavy (non-hydrogen) atoms. The highest BCUT2D eigenvalue weighted by atomic mass is 16.2. The van der Waals surface area contributed by atoms with Gasteiger partial charge < -0.3 is 10.6 Å². The number of amides is 2. The molecule has 0 spiro atoms. The number of aryl methyl sites for hydroxylation is 2. The Bertz CT molecular complexity index is 456. The number of carbonyl (C=O) groups excluding carboxylic acids is 1. The van der Waals surface area contributed by atoms with Gasteiger partial charge in [0.1, 0.15) is 0 Å². The SMILES string of the molecule is Cc1ccc(C)c(NC(=O)NC2CCCCC2C)c1. The Hall–Kier alpha value is -1.51. The van der Waals surface area contributed by atoms with Crippen LogP contribution in [0.5, 0.6) is 0 Å². The van der Waals surface area contributed by atoms with E-state index in [0.717, 1.165) is 23.2 Å². The second-order valence-corrected chi connectivity index (χ2v) is 5.79. The largest absolute Gasteiger partial charge is 0.335 e. The number of carbonyl (C=O) groups is 1. The van der Waals surface area contributed by atoms with Crippen molar-refractivity contribution >= 4 is 11.7 Å². The van der Waals surface area contributed by atoms with Crippen molar-refractivity contribution < 1.29 is 4.79 Å². The maximum atomic E-state index is 12.1. The molecule has 104 valence electrons. The van der Waals surface area contributed by atoms with E-state index in [4.69, 9.17) is 0 Å². The molecule has 2 rings (SSSR count). The number of benzene rings is 1. The molecule has 1 aliphatic carbocycles. The van der Waals surface area contributed by atoms with E-state index < -0.39 is 0 Å². The summed E-state index contributed by atoms with van der Waals surface area (Å²) in [5.41, 5.74) is 3.16. The summed E-state index contributed by atoms with van der Waals surface area (Å²) >= 11 is 0. The molecule has 1 aromatic rings. The summed E-state index contributed by atoms with van der Waals surface area (Å²) in [5, 5.41) is 6.08. The summed E-state index contributed by atoms with van der Waals surface area (Å²) in [6, 6.07) is 6.35. The predicted octanol–water partition coefficient (Wildman–Crippen LogP) is 4.00. The first-order valence-corrected chi connectivity index (χ1v) is 7.21. The molecule has 1 aliphatic rings. The maximum Gasteiger partial charge on any atom is 0.319 e. The Morgan fingerprint density at radius 2 is 1.95 bits per heavy atom.